The van der Waals surface area contributed by atoms with Crippen molar-refractivity contribution in [3.63, 3.8) is 0 Å². The van der Waals surface area contributed by atoms with Crippen molar-refractivity contribution in [2.75, 3.05) is 32.9 Å². The molecule has 3 atom stereocenters. The zero-order valence-corrected chi connectivity index (χ0v) is 16.5. The summed E-state index contributed by atoms with van der Waals surface area (Å²) < 4.78 is 17.1. The molecule has 0 spiro atoms. The molecule has 1 aromatic rings. The maximum absolute atomic E-state index is 5.92. The van der Waals surface area contributed by atoms with Crippen LogP contribution in [-0.4, -0.2) is 57.1 Å². The van der Waals surface area contributed by atoms with Crippen LogP contribution in [0.4, 0.5) is 0 Å². The molecule has 2 rings (SSSR count). The lowest BCUT2D eigenvalue weighted by molar-refractivity contribution is 0.0347. The van der Waals surface area contributed by atoms with Crippen molar-refractivity contribution < 1.29 is 14.2 Å². The summed E-state index contributed by atoms with van der Waals surface area (Å²) in [6, 6.07) is 8.25. The number of ether oxygens (including phenoxy) is 3. The number of aliphatic imine (C=N–C) groups is 1. The molecular formula is C20H33N3O3. The number of guanidine groups is 1. The highest BCUT2D eigenvalue weighted by molar-refractivity contribution is 5.80. The molecule has 1 heterocycles. The van der Waals surface area contributed by atoms with Crippen molar-refractivity contribution in [2.24, 2.45) is 4.99 Å². The second-order valence-electron chi connectivity index (χ2n) is 6.83. The van der Waals surface area contributed by atoms with E-state index in [1.54, 1.807) is 0 Å². The number of aryl methyl sites for hydroxylation is 1. The Morgan fingerprint density at radius 3 is 2.73 bits per heavy atom. The molecule has 1 saturated heterocycles. The molecule has 1 aliphatic rings. The van der Waals surface area contributed by atoms with Gasteiger partial charge in [0.2, 0.25) is 0 Å². The Morgan fingerprint density at radius 1 is 1.31 bits per heavy atom. The van der Waals surface area contributed by atoms with Crippen LogP contribution in [0.15, 0.2) is 29.3 Å². The molecule has 0 amide bonds. The van der Waals surface area contributed by atoms with E-state index in [0.29, 0.717) is 19.8 Å². The van der Waals surface area contributed by atoms with Crippen molar-refractivity contribution in [3.05, 3.63) is 29.8 Å². The first-order chi connectivity index (χ1) is 12.6. The molecular weight excluding hydrogens is 330 g/mol. The summed E-state index contributed by atoms with van der Waals surface area (Å²) in [7, 11) is 0. The second kappa shape index (κ2) is 11.0. The number of nitrogens with one attached hydrogen (secondary N) is 2. The minimum Gasteiger partial charge on any atom is -0.489 e. The predicted octanol–water partition coefficient (Wildman–Crippen LogP) is 2.51. The van der Waals surface area contributed by atoms with Gasteiger partial charge in [0.05, 0.1) is 25.9 Å². The summed E-state index contributed by atoms with van der Waals surface area (Å²) in [6.07, 6.45) is 1.20. The van der Waals surface area contributed by atoms with Crippen LogP contribution in [0.25, 0.3) is 0 Å². The molecule has 0 aromatic heterocycles. The molecule has 3 unspecified atom stereocenters. The Morgan fingerprint density at radius 2 is 2.08 bits per heavy atom. The molecule has 6 nitrogen and oxygen atoms in total. The molecule has 2 N–H and O–H groups in total. The van der Waals surface area contributed by atoms with Crippen molar-refractivity contribution in [1.82, 2.24) is 10.6 Å². The van der Waals surface area contributed by atoms with Crippen molar-refractivity contribution in [2.45, 2.75) is 52.4 Å². The lowest BCUT2D eigenvalue weighted by Crippen LogP contribution is -2.45. The van der Waals surface area contributed by atoms with Gasteiger partial charge in [0.15, 0.2) is 5.96 Å². The van der Waals surface area contributed by atoms with Gasteiger partial charge in [0.25, 0.3) is 0 Å². The highest BCUT2D eigenvalue weighted by atomic mass is 16.5. The van der Waals surface area contributed by atoms with Gasteiger partial charge in [0.1, 0.15) is 11.9 Å². The van der Waals surface area contributed by atoms with Gasteiger partial charge in [-0.3, -0.25) is 0 Å². The van der Waals surface area contributed by atoms with Crippen LogP contribution in [0.2, 0.25) is 0 Å². The van der Waals surface area contributed by atoms with Crippen LogP contribution in [0, 0.1) is 6.92 Å². The molecule has 26 heavy (non-hydrogen) atoms. The molecule has 146 valence electrons. The van der Waals surface area contributed by atoms with Crippen molar-refractivity contribution in [3.8, 4) is 5.75 Å². The van der Waals surface area contributed by atoms with Crippen molar-refractivity contribution in [1.29, 1.82) is 0 Å². The Labute approximate surface area is 157 Å². The number of rotatable bonds is 9. The van der Waals surface area contributed by atoms with E-state index < -0.39 is 0 Å². The van der Waals surface area contributed by atoms with Gasteiger partial charge in [-0.2, -0.15) is 0 Å². The summed E-state index contributed by atoms with van der Waals surface area (Å²) in [6.45, 7) is 11.8. The van der Waals surface area contributed by atoms with Crippen LogP contribution in [0.5, 0.6) is 5.75 Å². The highest BCUT2D eigenvalue weighted by Crippen LogP contribution is 2.13. The minimum absolute atomic E-state index is 0.00430. The lowest BCUT2D eigenvalue weighted by Gasteiger charge is -2.20. The molecule has 0 saturated carbocycles. The summed E-state index contributed by atoms with van der Waals surface area (Å²) >= 11 is 0. The Balaban J connectivity index is 1.77. The normalized spacial score (nSPS) is 19.8. The van der Waals surface area contributed by atoms with E-state index in [9.17, 15) is 0 Å². The Bertz CT molecular complexity index is 542. The summed E-state index contributed by atoms with van der Waals surface area (Å²) in [5.41, 5.74) is 1.22. The highest BCUT2D eigenvalue weighted by Gasteiger charge is 2.17. The van der Waals surface area contributed by atoms with E-state index in [1.807, 2.05) is 31.2 Å². The number of benzene rings is 1. The van der Waals surface area contributed by atoms with Crippen LogP contribution >= 0.6 is 0 Å². The molecule has 1 aliphatic heterocycles. The zero-order chi connectivity index (χ0) is 18.8. The van der Waals surface area contributed by atoms with Gasteiger partial charge in [0, 0.05) is 19.2 Å². The summed E-state index contributed by atoms with van der Waals surface area (Å²) in [5.74, 6) is 1.66. The molecule has 0 aliphatic carbocycles. The fourth-order valence-electron chi connectivity index (χ4n) is 2.63. The van der Waals surface area contributed by atoms with Gasteiger partial charge < -0.3 is 24.8 Å². The van der Waals surface area contributed by atoms with E-state index >= 15 is 0 Å². The first kappa shape index (κ1) is 20.5. The smallest absolute Gasteiger partial charge is 0.191 e. The molecule has 6 heteroatoms. The largest absolute Gasteiger partial charge is 0.489 e. The van der Waals surface area contributed by atoms with Gasteiger partial charge >= 0.3 is 0 Å². The fraction of sp³-hybridized carbons (Fsp3) is 0.650. The fourth-order valence-corrected chi connectivity index (χ4v) is 2.63. The molecule has 0 bridgehead atoms. The molecule has 0 radical (unpaired) electrons. The predicted molar refractivity (Wildman–Crippen MR) is 105 cm³/mol. The topological polar surface area (TPSA) is 64.1 Å². The standard InChI is InChI=1S/C20H33N3O3/c1-5-21-20(23-16(3)13-25-19-10-11-24-14-19)22-12-17(4)26-18-8-6-15(2)7-9-18/h6-9,16-17,19H,5,10-14H2,1-4H3,(H2,21,22,23). The third-order valence-electron chi connectivity index (χ3n) is 4.06. The first-order valence-corrected chi connectivity index (χ1v) is 9.54. The Kier molecular flexibility index (Phi) is 8.71. The second-order valence-corrected chi connectivity index (χ2v) is 6.83. The van der Waals surface area contributed by atoms with Gasteiger partial charge in [-0.05, 0) is 46.2 Å². The average molecular weight is 364 g/mol. The van der Waals surface area contributed by atoms with Crippen LogP contribution in [0.3, 0.4) is 0 Å². The van der Waals surface area contributed by atoms with E-state index in [4.69, 9.17) is 14.2 Å². The van der Waals surface area contributed by atoms with Crippen molar-refractivity contribution >= 4 is 5.96 Å². The average Bonchev–Trinajstić information content (AvgIpc) is 3.14. The molecule has 1 fully saturated rings. The first-order valence-electron chi connectivity index (χ1n) is 9.54. The van der Waals surface area contributed by atoms with E-state index in [2.05, 4.69) is 36.4 Å². The van der Waals surface area contributed by atoms with E-state index in [0.717, 1.165) is 31.3 Å². The minimum atomic E-state index is -0.00430. The van der Waals surface area contributed by atoms with Crippen LogP contribution < -0.4 is 15.4 Å². The van der Waals surface area contributed by atoms with Gasteiger partial charge in [-0.25, -0.2) is 4.99 Å². The monoisotopic (exact) mass is 363 g/mol. The van der Waals surface area contributed by atoms with Crippen LogP contribution in [0.1, 0.15) is 32.8 Å². The van der Waals surface area contributed by atoms with E-state index in [1.165, 1.54) is 5.56 Å². The van der Waals surface area contributed by atoms with Gasteiger partial charge in [-0.1, -0.05) is 17.7 Å². The SMILES string of the molecule is CCNC(=NCC(C)Oc1ccc(C)cc1)NC(C)COC1CCOC1. The third kappa shape index (κ3) is 7.62. The maximum Gasteiger partial charge on any atom is 0.191 e. The van der Waals surface area contributed by atoms with Gasteiger partial charge in [-0.15, -0.1) is 0 Å². The van der Waals surface area contributed by atoms with Crippen LogP contribution in [-0.2, 0) is 9.47 Å². The Hall–Kier alpha value is -1.79. The summed E-state index contributed by atoms with van der Waals surface area (Å²) in [5, 5.41) is 6.66. The maximum atomic E-state index is 5.92. The number of hydrogen-bond donors (Lipinski definition) is 2. The number of hydrogen-bond acceptors (Lipinski definition) is 4. The van der Waals surface area contributed by atoms with E-state index in [-0.39, 0.29) is 18.2 Å². The third-order valence-corrected chi connectivity index (χ3v) is 4.06. The number of nitrogens with zero attached hydrogens (tertiary/aromatic N) is 1. The molecule has 1 aromatic carbocycles. The zero-order valence-electron chi connectivity index (χ0n) is 16.5. The lowest BCUT2D eigenvalue weighted by atomic mass is 10.2. The quantitative estimate of drug-likeness (QED) is 0.521. The summed E-state index contributed by atoms with van der Waals surface area (Å²) in [4.78, 5) is 4.64.